The summed E-state index contributed by atoms with van der Waals surface area (Å²) < 4.78 is 5.72. The van der Waals surface area contributed by atoms with Crippen molar-refractivity contribution < 1.29 is 4.74 Å². The molecular formula is C14H13ClO. The van der Waals surface area contributed by atoms with Gasteiger partial charge in [0.05, 0.1) is 0 Å². The summed E-state index contributed by atoms with van der Waals surface area (Å²) in [7, 11) is 0. The minimum absolute atomic E-state index is 0.634. The van der Waals surface area contributed by atoms with Gasteiger partial charge < -0.3 is 4.74 Å². The van der Waals surface area contributed by atoms with Crippen LogP contribution in [0.25, 0.3) is 0 Å². The highest BCUT2D eigenvalue weighted by atomic mass is 35.5. The molecule has 2 heteroatoms. The molecule has 0 unspecified atom stereocenters. The number of ether oxygens (including phenoxy) is 1. The van der Waals surface area contributed by atoms with E-state index in [2.05, 4.69) is 6.07 Å². The molecule has 0 aromatic heterocycles. The van der Waals surface area contributed by atoms with E-state index >= 15 is 0 Å². The van der Waals surface area contributed by atoms with Crippen LogP contribution in [0.1, 0.15) is 5.56 Å². The topological polar surface area (TPSA) is 9.23 Å². The Labute approximate surface area is 101 Å². The predicted octanol–water partition coefficient (Wildman–Crippen LogP) is 4.26. The first kappa shape index (κ1) is 11.0. The molecular weight excluding hydrogens is 220 g/mol. The Morgan fingerprint density at radius 3 is 2.38 bits per heavy atom. The van der Waals surface area contributed by atoms with Gasteiger partial charge in [-0.3, -0.25) is 0 Å². The maximum atomic E-state index is 5.72. The van der Waals surface area contributed by atoms with Crippen molar-refractivity contribution in [3.05, 3.63) is 60.2 Å². The lowest BCUT2D eigenvalue weighted by Gasteiger charge is -2.06. The second-order valence-electron chi connectivity index (χ2n) is 3.50. The molecule has 1 nitrogen and oxygen atoms in total. The van der Waals surface area contributed by atoms with Crippen molar-refractivity contribution in [2.45, 2.75) is 6.42 Å². The number of halogens is 1. The molecule has 0 saturated heterocycles. The Bertz CT molecular complexity index is 439. The summed E-state index contributed by atoms with van der Waals surface area (Å²) in [6.45, 7) is 0. The van der Waals surface area contributed by atoms with E-state index in [1.54, 1.807) is 0 Å². The number of rotatable bonds is 4. The lowest BCUT2D eigenvalue weighted by molar-refractivity contribution is 0.482. The number of hydrogen-bond donors (Lipinski definition) is 0. The van der Waals surface area contributed by atoms with E-state index in [1.807, 2.05) is 48.5 Å². The molecule has 82 valence electrons. The monoisotopic (exact) mass is 232 g/mol. The van der Waals surface area contributed by atoms with Crippen molar-refractivity contribution in [3.63, 3.8) is 0 Å². The molecule has 0 radical (unpaired) electrons. The average molecular weight is 233 g/mol. The first-order valence-corrected chi connectivity index (χ1v) is 5.80. The molecule has 16 heavy (non-hydrogen) atoms. The van der Waals surface area contributed by atoms with Crippen molar-refractivity contribution >= 4 is 11.6 Å². The first-order valence-electron chi connectivity index (χ1n) is 5.26. The predicted molar refractivity (Wildman–Crippen MR) is 67.4 cm³/mol. The van der Waals surface area contributed by atoms with E-state index in [0.717, 1.165) is 17.9 Å². The number of para-hydroxylation sites is 1. The molecule has 0 bridgehead atoms. The summed E-state index contributed by atoms with van der Waals surface area (Å²) in [6, 6.07) is 17.8. The fourth-order valence-electron chi connectivity index (χ4n) is 1.50. The maximum Gasteiger partial charge on any atom is 0.127 e. The second-order valence-corrected chi connectivity index (χ2v) is 3.88. The molecule has 2 rings (SSSR count). The zero-order chi connectivity index (χ0) is 11.2. The molecule has 0 saturated carbocycles. The van der Waals surface area contributed by atoms with Crippen LogP contribution in [-0.4, -0.2) is 5.88 Å². The van der Waals surface area contributed by atoms with Crippen LogP contribution in [0.15, 0.2) is 54.6 Å². The number of aryl methyl sites for hydroxylation is 1. The molecule has 0 heterocycles. The summed E-state index contributed by atoms with van der Waals surface area (Å²) in [4.78, 5) is 0. The van der Waals surface area contributed by atoms with Gasteiger partial charge in [0.25, 0.3) is 0 Å². The van der Waals surface area contributed by atoms with E-state index in [-0.39, 0.29) is 0 Å². The summed E-state index contributed by atoms with van der Waals surface area (Å²) in [5, 5.41) is 0. The quantitative estimate of drug-likeness (QED) is 0.716. The van der Waals surface area contributed by atoms with Crippen molar-refractivity contribution in [1.29, 1.82) is 0 Å². The SMILES string of the molecule is ClCCc1cccc(Oc2ccccc2)c1. The van der Waals surface area contributed by atoms with E-state index < -0.39 is 0 Å². The first-order chi connectivity index (χ1) is 7.88. The fourth-order valence-corrected chi connectivity index (χ4v) is 1.72. The number of benzene rings is 2. The third-order valence-corrected chi connectivity index (χ3v) is 2.45. The van der Waals surface area contributed by atoms with Gasteiger partial charge in [-0.25, -0.2) is 0 Å². The minimum atomic E-state index is 0.634. The fraction of sp³-hybridized carbons (Fsp3) is 0.143. The summed E-state index contributed by atoms with van der Waals surface area (Å²) in [5.41, 5.74) is 1.20. The van der Waals surface area contributed by atoms with E-state index in [9.17, 15) is 0 Å². The summed E-state index contributed by atoms with van der Waals surface area (Å²) in [6.07, 6.45) is 0.869. The van der Waals surface area contributed by atoms with Crippen LogP contribution in [0.3, 0.4) is 0 Å². The highest BCUT2D eigenvalue weighted by molar-refractivity contribution is 6.17. The standard InChI is InChI=1S/C14H13ClO/c15-10-9-12-5-4-8-14(11-12)16-13-6-2-1-3-7-13/h1-8,11H,9-10H2. The molecule has 0 aliphatic rings. The van der Waals surface area contributed by atoms with Gasteiger partial charge in [-0.15, -0.1) is 11.6 Å². The lowest BCUT2D eigenvalue weighted by atomic mass is 10.2. The summed E-state index contributed by atoms with van der Waals surface area (Å²) in [5.74, 6) is 2.34. The van der Waals surface area contributed by atoms with Crippen molar-refractivity contribution in [3.8, 4) is 11.5 Å². The van der Waals surface area contributed by atoms with Crippen molar-refractivity contribution in [1.82, 2.24) is 0 Å². The van der Waals surface area contributed by atoms with Crippen molar-refractivity contribution in [2.24, 2.45) is 0 Å². The average Bonchev–Trinajstić information content (AvgIpc) is 2.31. The van der Waals surface area contributed by atoms with E-state index in [1.165, 1.54) is 5.56 Å². The zero-order valence-corrected chi connectivity index (χ0v) is 9.65. The normalized spacial score (nSPS) is 10.1. The Balaban J connectivity index is 2.12. The molecule has 0 aliphatic carbocycles. The summed E-state index contributed by atoms with van der Waals surface area (Å²) >= 11 is 5.71. The number of alkyl halides is 1. The third kappa shape index (κ3) is 3.01. The highest BCUT2D eigenvalue weighted by Crippen LogP contribution is 2.21. The van der Waals surface area contributed by atoms with Gasteiger partial charge >= 0.3 is 0 Å². The zero-order valence-electron chi connectivity index (χ0n) is 8.90. The van der Waals surface area contributed by atoms with Crippen LogP contribution in [0, 0.1) is 0 Å². The van der Waals surface area contributed by atoms with Gasteiger partial charge in [0.1, 0.15) is 11.5 Å². The van der Waals surface area contributed by atoms with Crippen LogP contribution >= 0.6 is 11.6 Å². The van der Waals surface area contributed by atoms with Gasteiger partial charge in [-0.05, 0) is 36.2 Å². The number of hydrogen-bond acceptors (Lipinski definition) is 1. The molecule has 0 amide bonds. The Morgan fingerprint density at radius 2 is 1.62 bits per heavy atom. The van der Waals surface area contributed by atoms with Crippen molar-refractivity contribution in [2.75, 3.05) is 5.88 Å². The second kappa shape index (κ2) is 5.57. The Kier molecular flexibility index (Phi) is 3.84. The molecule has 2 aromatic rings. The minimum Gasteiger partial charge on any atom is -0.457 e. The molecule has 0 spiro atoms. The van der Waals surface area contributed by atoms with Crippen LogP contribution in [0.5, 0.6) is 11.5 Å². The van der Waals surface area contributed by atoms with Crippen LogP contribution < -0.4 is 4.74 Å². The van der Waals surface area contributed by atoms with Crippen LogP contribution in [-0.2, 0) is 6.42 Å². The Hall–Kier alpha value is -1.47. The molecule has 0 aliphatic heterocycles. The van der Waals surface area contributed by atoms with E-state index in [0.29, 0.717) is 5.88 Å². The van der Waals surface area contributed by atoms with E-state index in [4.69, 9.17) is 16.3 Å². The molecule has 0 atom stereocenters. The van der Waals surface area contributed by atoms with Gasteiger partial charge in [-0.1, -0.05) is 30.3 Å². The smallest absolute Gasteiger partial charge is 0.127 e. The third-order valence-electron chi connectivity index (χ3n) is 2.26. The maximum absolute atomic E-state index is 5.72. The van der Waals surface area contributed by atoms with Gasteiger partial charge in [0.2, 0.25) is 0 Å². The van der Waals surface area contributed by atoms with Gasteiger partial charge in [0, 0.05) is 5.88 Å². The Morgan fingerprint density at radius 1 is 0.875 bits per heavy atom. The lowest BCUT2D eigenvalue weighted by Crippen LogP contribution is -1.88. The van der Waals surface area contributed by atoms with Crippen LogP contribution in [0.2, 0.25) is 0 Å². The largest absolute Gasteiger partial charge is 0.457 e. The molecule has 2 aromatic carbocycles. The molecule has 0 N–H and O–H groups in total. The van der Waals surface area contributed by atoms with Gasteiger partial charge in [-0.2, -0.15) is 0 Å². The van der Waals surface area contributed by atoms with Crippen LogP contribution in [0.4, 0.5) is 0 Å². The highest BCUT2D eigenvalue weighted by Gasteiger charge is 1.98. The van der Waals surface area contributed by atoms with Gasteiger partial charge in [0.15, 0.2) is 0 Å². The molecule has 0 fully saturated rings.